The van der Waals surface area contributed by atoms with Gasteiger partial charge in [-0.1, -0.05) is 54.6 Å². The summed E-state index contributed by atoms with van der Waals surface area (Å²) in [7, 11) is 0. The van der Waals surface area contributed by atoms with Gasteiger partial charge in [0, 0.05) is 17.7 Å². The van der Waals surface area contributed by atoms with Crippen molar-refractivity contribution in [3.05, 3.63) is 90.5 Å². The second-order valence-corrected chi connectivity index (χ2v) is 7.24. The third kappa shape index (κ3) is 4.48. The third-order valence-electron chi connectivity index (χ3n) is 4.94. The van der Waals surface area contributed by atoms with E-state index in [0.717, 1.165) is 33.4 Å². The molecule has 0 unspecified atom stereocenters. The van der Waals surface area contributed by atoms with Gasteiger partial charge in [0.15, 0.2) is 0 Å². The number of benzene rings is 3. The number of hydrogen-bond donors (Lipinski definition) is 2. The highest BCUT2D eigenvalue weighted by Gasteiger charge is 2.15. The minimum Gasteiger partial charge on any atom is -0.416 e. The van der Waals surface area contributed by atoms with Crippen molar-refractivity contribution in [2.24, 2.45) is 0 Å². The molecule has 0 aliphatic rings. The first-order chi connectivity index (χ1) is 14.6. The molecule has 1 atom stereocenters. The van der Waals surface area contributed by atoms with Crippen molar-refractivity contribution in [2.75, 3.05) is 0 Å². The van der Waals surface area contributed by atoms with Crippen LogP contribution >= 0.6 is 0 Å². The fraction of sp³-hybridized carbons (Fsp3) is 0.160. The molecule has 4 rings (SSSR count). The zero-order valence-electron chi connectivity index (χ0n) is 17.0. The second-order valence-electron chi connectivity index (χ2n) is 7.24. The van der Waals surface area contributed by atoms with E-state index in [-0.39, 0.29) is 0 Å². The van der Waals surface area contributed by atoms with Crippen molar-refractivity contribution in [3.8, 4) is 34.0 Å². The van der Waals surface area contributed by atoms with Gasteiger partial charge < -0.3 is 14.8 Å². The van der Waals surface area contributed by atoms with Crippen molar-refractivity contribution in [1.29, 1.82) is 0 Å². The number of nitrogens with one attached hydrogen (secondary N) is 1. The molecule has 5 heteroatoms. The van der Waals surface area contributed by atoms with E-state index < -0.39 is 6.10 Å². The average Bonchev–Trinajstić information content (AvgIpc) is 3.25. The Hall–Kier alpha value is -3.28. The summed E-state index contributed by atoms with van der Waals surface area (Å²) in [4.78, 5) is 0. The van der Waals surface area contributed by atoms with Crippen LogP contribution < -0.4 is 5.32 Å². The molecule has 0 aliphatic heterocycles. The number of aromatic nitrogens is 2. The average molecular weight is 398 g/mol. The Morgan fingerprint density at radius 1 is 0.867 bits per heavy atom. The Kier molecular flexibility index (Phi) is 6.02. The predicted molar refractivity (Wildman–Crippen MR) is 118 cm³/mol. The van der Waals surface area contributed by atoms with Crippen molar-refractivity contribution < 1.29 is 9.52 Å². The SMILES string of the molecule is Cc1c(-c2ccccc2)cccc1-c1nnc(-c2ccc(CN[CH][C@@H](C)O)cc2)o1. The van der Waals surface area contributed by atoms with Crippen LogP contribution in [0.4, 0.5) is 0 Å². The Morgan fingerprint density at radius 3 is 2.30 bits per heavy atom. The van der Waals surface area contributed by atoms with Crippen LogP contribution in [0.3, 0.4) is 0 Å². The van der Waals surface area contributed by atoms with Crippen LogP contribution in [0.15, 0.2) is 77.2 Å². The number of aliphatic hydroxyl groups is 1. The Morgan fingerprint density at radius 2 is 1.57 bits per heavy atom. The van der Waals surface area contributed by atoms with Gasteiger partial charge in [-0.25, -0.2) is 0 Å². The van der Waals surface area contributed by atoms with Gasteiger partial charge in [-0.2, -0.15) is 0 Å². The van der Waals surface area contributed by atoms with Gasteiger partial charge in [-0.3, -0.25) is 0 Å². The fourth-order valence-electron chi connectivity index (χ4n) is 3.36. The molecule has 0 aliphatic carbocycles. The van der Waals surface area contributed by atoms with Gasteiger partial charge in [0.1, 0.15) is 0 Å². The zero-order chi connectivity index (χ0) is 20.9. The van der Waals surface area contributed by atoms with E-state index in [1.807, 2.05) is 54.6 Å². The first kappa shape index (κ1) is 20.0. The van der Waals surface area contributed by atoms with Crippen LogP contribution in [-0.4, -0.2) is 21.4 Å². The van der Waals surface area contributed by atoms with E-state index in [0.29, 0.717) is 18.3 Å². The van der Waals surface area contributed by atoms with Crippen LogP contribution in [0.25, 0.3) is 34.0 Å². The summed E-state index contributed by atoms with van der Waals surface area (Å²) in [5.74, 6) is 1.00. The van der Waals surface area contributed by atoms with Gasteiger partial charge in [0.2, 0.25) is 11.8 Å². The summed E-state index contributed by atoms with van der Waals surface area (Å²) in [6.07, 6.45) is -0.482. The lowest BCUT2D eigenvalue weighted by atomic mass is 9.96. The summed E-state index contributed by atoms with van der Waals surface area (Å²) < 4.78 is 6.00. The molecule has 1 heterocycles. The summed E-state index contributed by atoms with van der Waals surface area (Å²) in [5, 5.41) is 20.9. The fourth-order valence-corrected chi connectivity index (χ4v) is 3.36. The van der Waals surface area contributed by atoms with Gasteiger partial charge in [0.05, 0.1) is 12.6 Å². The maximum absolute atomic E-state index is 9.28. The first-order valence-corrected chi connectivity index (χ1v) is 9.95. The normalized spacial score (nSPS) is 12.1. The van der Waals surface area contributed by atoms with Gasteiger partial charge in [0.25, 0.3) is 0 Å². The summed E-state index contributed by atoms with van der Waals surface area (Å²) in [6, 6.07) is 24.3. The van der Waals surface area contributed by atoms with E-state index in [1.165, 1.54) is 0 Å². The quantitative estimate of drug-likeness (QED) is 0.458. The summed E-state index contributed by atoms with van der Waals surface area (Å²) >= 11 is 0. The number of hydrogen-bond acceptors (Lipinski definition) is 5. The molecule has 0 saturated heterocycles. The molecular formula is C25H24N3O2. The maximum Gasteiger partial charge on any atom is 0.248 e. The van der Waals surface area contributed by atoms with Gasteiger partial charge >= 0.3 is 0 Å². The van der Waals surface area contributed by atoms with E-state index in [2.05, 4.69) is 40.6 Å². The largest absolute Gasteiger partial charge is 0.416 e. The van der Waals surface area contributed by atoms with E-state index >= 15 is 0 Å². The summed E-state index contributed by atoms with van der Waals surface area (Å²) in [6.45, 7) is 6.09. The lowest BCUT2D eigenvalue weighted by molar-refractivity contribution is 0.218. The predicted octanol–water partition coefficient (Wildman–Crippen LogP) is 5.01. The van der Waals surface area contributed by atoms with Crippen LogP contribution in [0.2, 0.25) is 0 Å². The van der Waals surface area contributed by atoms with Gasteiger partial charge in [-0.15, -0.1) is 10.2 Å². The van der Waals surface area contributed by atoms with Crippen LogP contribution in [0.1, 0.15) is 18.1 Å². The molecule has 30 heavy (non-hydrogen) atoms. The van der Waals surface area contributed by atoms with E-state index in [9.17, 15) is 5.11 Å². The smallest absolute Gasteiger partial charge is 0.248 e. The molecule has 4 aromatic rings. The summed E-state index contributed by atoms with van der Waals surface area (Å²) in [5.41, 5.74) is 6.32. The van der Waals surface area contributed by atoms with Gasteiger partial charge in [-0.05, 0) is 54.3 Å². The topological polar surface area (TPSA) is 71.2 Å². The molecule has 5 nitrogen and oxygen atoms in total. The van der Waals surface area contributed by atoms with Crippen molar-refractivity contribution in [2.45, 2.75) is 26.5 Å². The van der Waals surface area contributed by atoms with E-state index in [4.69, 9.17) is 4.42 Å². The molecule has 0 fully saturated rings. The molecule has 3 aromatic carbocycles. The van der Waals surface area contributed by atoms with Crippen molar-refractivity contribution >= 4 is 0 Å². The molecule has 151 valence electrons. The van der Waals surface area contributed by atoms with Crippen LogP contribution in [0.5, 0.6) is 0 Å². The highest BCUT2D eigenvalue weighted by Crippen LogP contribution is 2.32. The van der Waals surface area contributed by atoms with Crippen molar-refractivity contribution in [1.82, 2.24) is 15.5 Å². The third-order valence-corrected chi connectivity index (χ3v) is 4.94. The minimum atomic E-state index is -0.482. The van der Waals surface area contributed by atoms with E-state index in [1.54, 1.807) is 13.5 Å². The number of aliphatic hydroxyl groups excluding tert-OH is 1. The lowest BCUT2D eigenvalue weighted by Gasteiger charge is -2.09. The van der Waals surface area contributed by atoms with Crippen LogP contribution in [0, 0.1) is 13.5 Å². The highest BCUT2D eigenvalue weighted by molar-refractivity contribution is 5.75. The van der Waals surface area contributed by atoms with Crippen LogP contribution in [-0.2, 0) is 6.54 Å². The Labute approximate surface area is 176 Å². The lowest BCUT2D eigenvalue weighted by Crippen LogP contribution is -2.17. The molecule has 1 radical (unpaired) electrons. The Bertz CT molecular complexity index is 1100. The highest BCUT2D eigenvalue weighted by atomic mass is 16.4. The molecule has 1 aromatic heterocycles. The monoisotopic (exact) mass is 398 g/mol. The maximum atomic E-state index is 9.28. The minimum absolute atomic E-state index is 0.482. The molecule has 0 amide bonds. The van der Waals surface area contributed by atoms with Crippen molar-refractivity contribution in [3.63, 3.8) is 0 Å². The number of rotatable bonds is 7. The Balaban J connectivity index is 1.55. The zero-order valence-corrected chi connectivity index (χ0v) is 17.0. The molecular weight excluding hydrogens is 374 g/mol. The first-order valence-electron chi connectivity index (χ1n) is 9.95. The molecule has 0 spiro atoms. The number of nitrogens with zero attached hydrogens (tertiary/aromatic N) is 2. The molecule has 2 N–H and O–H groups in total. The second kappa shape index (κ2) is 9.03. The molecule has 0 bridgehead atoms. The molecule has 0 saturated carbocycles. The standard InChI is InChI=1S/C25H24N3O2/c1-17(29)15-26-16-19-11-13-21(14-12-19)24-27-28-25(30-24)23-10-6-9-22(18(23)2)20-7-4-3-5-8-20/h3-15,17,26,29H,16H2,1-2H3/t17-/m1/s1.